The standard InChI is InChI=1S/C18H27NO2/c1-5-16-15(14-8-6-7-9-17(14)21-16)11-19-12-18(4,20)10-13(2)3/h6-9,13,19-20H,5,10-12H2,1-4H3. The normalized spacial score (nSPS) is 14.8. The highest BCUT2D eigenvalue weighted by molar-refractivity contribution is 5.82. The van der Waals surface area contributed by atoms with Gasteiger partial charge in [-0.15, -0.1) is 0 Å². The smallest absolute Gasteiger partial charge is 0.134 e. The fraction of sp³-hybridized carbons (Fsp3) is 0.556. The second-order valence-electron chi connectivity index (χ2n) is 6.55. The summed E-state index contributed by atoms with van der Waals surface area (Å²) in [5, 5.41) is 14.9. The highest BCUT2D eigenvalue weighted by Crippen LogP contribution is 2.26. The van der Waals surface area contributed by atoms with Crippen molar-refractivity contribution in [2.45, 2.75) is 52.7 Å². The summed E-state index contributed by atoms with van der Waals surface area (Å²) in [5.41, 5.74) is 1.49. The number of benzene rings is 1. The first kappa shape index (κ1) is 16.1. The van der Waals surface area contributed by atoms with E-state index in [0.29, 0.717) is 12.5 Å². The molecular weight excluding hydrogens is 262 g/mol. The molecule has 0 aliphatic heterocycles. The molecule has 0 spiro atoms. The molecule has 2 N–H and O–H groups in total. The number of rotatable bonds is 7. The van der Waals surface area contributed by atoms with Gasteiger partial charge in [-0.05, 0) is 25.3 Å². The SMILES string of the molecule is CCc1oc2ccccc2c1CNCC(C)(O)CC(C)C. The maximum Gasteiger partial charge on any atom is 0.134 e. The van der Waals surface area contributed by atoms with Crippen LogP contribution in [0.3, 0.4) is 0 Å². The van der Waals surface area contributed by atoms with Gasteiger partial charge < -0.3 is 14.8 Å². The summed E-state index contributed by atoms with van der Waals surface area (Å²) in [5.74, 6) is 1.52. The minimum atomic E-state index is -0.667. The second-order valence-corrected chi connectivity index (χ2v) is 6.55. The van der Waals surface area contributed by atoms with Gasteiger partial charge in [-0.1, -0.05) is 39.0 Å². The number of aryl methyl sites for hydroxylation is 1. The van der Waals surface area contributed by atoms with Crippen LogP contribution in [0.1, 0.15) is 45.4 Å². The van der Waals surface area contributed by atoms with Crippen LogP contribution in [0.4, 0.5) is 0 Å². The van der Waals surface area contributed by atoms with Gasteiger partial charge in [0.05, 0.1) is 5.60 Å². The van der Waals surface area contributed by atoms with E-state index in [1.54, 1.807) is 0 Å². The fourth-order valence-electron chi connectivity index (χ4n) is 3.04. The third-order valence-corrected chi connectivity index (χ3v) is 3.76. The Balaban J connectivity index is 2.06. The number of hydrogen-bond acceptors (Lipinski definition) is 3. The van der Waals surface area contributed by atoms with Crippen molar-refractivity contribution in [3.05, 3.63) is 35.6 Å². The van der Waals surface area contributed by atoms with Gasteiger partial charge in [-0.3, -0.25) is 0 Å². The summed E-state index contributed by atoms with van der Waals surface area (Å²) in [7, 11) is 0. The van der Waals surface area contributed by atoms with Crippen molar-refractivity contribution in [2.24, 2.45) is 5.92 Å². The Morgan fingerprint density at radius 1 is 1.29 bits per heavy atom. The van der Waals surface area contributed by atoms with Gasteiger partial charge in [0.1, 0.15) is 11.3 Å². The lowest BCUT2D eigenvalue weighted by atomic mass is 9.94. The molecule has 1 atom stereocenters. The molecule has 1 aromatic heterocycles. The van der Waals surface area contributed by atoms with E-state index in [2.05, 4.69) is 32.2 Å². The molecule has 3 nitrogen and oxygen atoms in total. The van der Waals surface area contributed by atoms with Crippen molar-refractivity contribution in [1.82, 2.24) is 5.32 Å². The van der Waals surface area contributed by atoms with Crippen LogP contribution in [0.2, 0.25) is 0 Å². The van der Waals surface area contributed by atoms with Crippen molar-refractivity contribution >= 4 is 11.0 Å². The molecule has 2 aromatic rings. The van der Waals surface area contributed by atoms with Gasteiger partial charge in [-0.2, -0.15) is 0 Å². The van der Waals surface area contributed by atoms with Crippen molar-refractivity contribution < 1.29 is 9.52 Å². The number of nitrogens with one attached hydrogen (secondary N) is 1. The van der Waals surface area contributed by atoms with Crippen LogP contribution in [0.25, 0.3) is 11.0 Å². The van der Waals surface area contributed by atoms with E-state index in [1.807, 2.05) is 25.1 Å². The Morgan fingerprint density at radius 3 is 2.67 bits per heavy atom. The average Bonchev–Trinajstić information content (AvgIpc) is 2.75. The topological polar surface area (TPSA) is 45.4 Å². The van der Waals surface area contributed by atoms with Gasteiger partial charge in [0, 0.05) is 30.5 Å². The average molecular weight is 289 g/mol. The van der Waals surface area contributed by atoms with Crippen LogP contribution in [0.5, 0.6) is 0 Å². The van der Waals surface area contributed by atoms with Gasteiger partial charge >= 0.3 is 0 Å². The van der Waals surface area contributed by atoms with Crippen molar-refractivity contribution in [1.29, 1.82) is 0 Å². The molecular formula is C18H27NO2. The molecule has 0 radical (unpaired) electrons. The van der Waals surface area contributed by atoms with Crippen LogP contribution < -0.4 is 5.32 Å². The number of hydrogen-bond donors (Lipinski definition) is 2. The molecule has 116 valence electrons. The van der Waals surface area contributed by atoms with Crippen LogP contribution in [-0.2, 0) is 13.0 Å². The predicted molar refractivity (Wildman–Crippen MR) is 87.4 cm³/mol. The second kappa shape index (κ2) is 6.63. The summed E-state index contributed by atoms with van der Waals surface area (Å²) in [6.07, 6.45) is 1.68. The molecule has 0 fully saturated rings. The highest BCUT2D eigenvalue weighted by Gasteiger charge is 2.21. The first-order valence-corrected chi connectivity index (χ1v) is 7.85. The van der Waals surface area contributed by atoms with E-state index in [0.717, 1.165) is 30.7 Å². The molecule has 1 heterocycles. The summed E-state index contributed by atoms with van der Waals surface area (Å²) in [6.45, 7) is 9.59. The minimum absolute atomic E-state index is 0.489. The maximum absolute atomic E-state index is 10.4. The third kappa shape index (κ3) is 4.08. The van der Waals surface area contributed by atoms with E-state index >= 15 is 0 Å². The molecule has 0 saturated carbocycles. The number of fused-ring (bicyclic) bond motifs is 1. The van der Waals surface area contributed by atoms with Gasteiger partial charge in [0.25, 0.3) is 0 Å². The summed E-state index contributed by atoms with van der Waals surface area (Å²) < 4.78 is 5.89. The Bertz CT molecular complexity index is 584. The lowest BCUT2D eigenvalue weighted by molar-refractivity contribution is 0.0383. The Morgan fingerprint density at radius 2 is 2.00 bits per heavy atom. The zero-order valence-corrected chi connectivity index (χ0v) is 13.6. The Kier molecular flexibility index (Phi) is 5.07. The molecule has 0 aliphatic carbocycles. The molecule has 0 saturated heterocycles. The van der Waals surface area contributed by atoms with Gasteiger partial charge in [0.15, 0.2) is 0 Å². The highest BCUT2D eigenvalue weighted by atomic mass is 16.3. The molecule has 2 rings (SSSR count). The molecule has 0 bridgehead atoms. The van der Waals surface area contributed by atoms with Crippen LogP contribution in [0, 0.1) is 5.92 Å². The van der Waals surface area contributed by atoms with Crippen LogP contribution in [-0.4, -0.2) is 17.3 Å². The first-order valence-electron chi connectivity index (χ1n) is 7.85. The zero-order valence-electron chi connectivity index (χ0n) is 13.6. The van der Waals surface area contributed by atoms with Gasteiger partial charge in [0.2, 0.25) is 0 Å². The van der Waals surface area contributed by atoms with Crippen molar-refractivity contribution in [3.63, 3.8) is 0 Å². The number of furan rings is 1. The monoisotopic (exact) mass is 289 g/mol. The van der Waals surface area contributed by atoms with E-state index in [9.17, 15) is 5.11 Å². The van der Waals surface area contributed by atoms with E-state index in [1.165, 1.54) is 10.9 Å². The van der Waals surface area contributed by atoms with E-state index < -0.39 is 5.60 Å². The van der Waals surface area contributed by atoms with Crippen LogP contribution >= 0.6 is 0 Å². The lowest BCUT2D eigenvalue weighted by Gasteiger charge is -2.25. The maximum atomic E-state index is 10.4. The fourth-order valence-corrected chi connectivity index (χ4v) is 3.04. The summed E-state index contributed by atoms with van der Waals surface area (Å²) >= 11 is 0. The van der Waals surface area contributed by atoms with Gasteiger partial charge in [-0.25, -0.2) is 0 Å². The summed E-state index contributed by atoms with van der Waals surface area (Å²) in [6, 6.07) is 8.14. The quantitative estimate of drug-likeness (QED) is 0.813. The first-order chi connectivity index (χ1) is 9.93. The summed E-state index contributed by atoms with van der Waals surface area (Å²) in [4.78, 5) is 0. The zero-order chi connectivity index (χ0) is 15.5. The largest absolute Gasteiger partial charge is 0.461 e. The Labute approximate surface area is 127 Å². The molecule has 1 aromatic carbocycles. The molecule has 0 aliphatic rings. The molecule has 1 unspecified atom stereocenters. The predicted octanol–water partition coefficient (Wildman–Crippen LogP) is 3.88. The van der Waals surface area contributed by atoms with Crippen molar-refractivity contribution in [2.75, 3.05) is 6.54 Å². The minimum Gasteiger partial charge on any atom is -0.461 e. The van der Waals surface area contributed by atoms with E-state index in [-0.39, 0.29) is 0 Å². The van der Waals surface area contributed by atoms with E-state index in [4.69, 9.17) is 4.42 Å². The third-order valence-electron chi connectivity index (χ3n) is 3.76. The number of aliphatic hydroxyl groups is 1. The molecule has 21 heavy (non-hydrogen) atoms. The number of para-hydroxylation sites is 1. The van der Waals surface area contributed by atoms with Crippen molar-refractivity contribution in [3.8, 4) is 0 Å². The molecule has 0 amide bonds. The van der Waals surface area contributed by atoms with Crippen LogP contribution in [0.15, 0.2) is 28.7 Å². The molecule has 3 heteroatoms. The Hall–Kier alpha value is -1.32. The lowest BCUT2D eigenvalue weighted by Crippen LogP contribution is -2.38.